The molecule has 0 aromatic heterocycles. The lowest BCUT2D eigenvalue weighted by molar-refractivity contribution is 0.178. The molecule has 0 spiro atoms. The number of aryl methyl sites for hydroxylation is 1. The predicted octanol–water partition coefficient (Wildman–Crippen LogP) is 4.34. The average molecular weight is 398 g/mol. The number of rotatable bonds is 6. The molecule has 150 valence electrons. The van der Waals surface area contributed by atoms with E-state index < -0.39 is 0 Å². The van der Waals surface area contributed by atoms with E-state index in [1.807, 2.05) is 12.1 Å². The number of hydrogen-bond donors (Lipinski definition) is 1. The first kappa shape index (κ1) is 20.6. The predicted molar refractivity (Wildman–Crippen MR) is 121 cm³/mol. The van der Waals surface area contributed by atoms with Crippen LogP contribution in [0.4, 0.5) is 5.69 Å². The minimum atomic E-state index is 0.469. The number of nitrogens with zero attached hydrogens (tertiary/aromatic N) is 2. The highest BCUT2D eigenvalue weighted by atomic mass is 32.1. The number of anilines is 1. The molecule has 0 amide bonds. The van der Waals surface area contributed by atoms with Gasteiger partial charge in [-0.1, -0.05) is 36.4 Å². The number of hydrogen-bond acceptors (Lipinski definition) is 3. The maximum atomic E-state index is 5.87. The van der Waals surface area contributed by atoms with Crippen LogP contribution in [-0.4, -0.2) is 54.7 Å². The molecule has 1 N–H and O–H groups in total. The van der Waals surface area contributed by atoms with Gasteiger partial charge in [0.15, 0.2) is 5.11 Å². The van der Waals surface area contributed by atoms with Crippen LogP contribution < -0.4 is 10.1 Å². The molecule has 0 bridgehead atoms. The summed E-state index contributed by atoms with van der Waals surface area (Å²) in [4.78, 5) is 4.78. The van der Waals surface area contributed by atoms with Gasteiger partial charge in [0.25, 0.3) is 0 Å². The monoisotopic (exact) mass is 397 g/mol. The van der Waals surface area contributed by atoms with E-state index in [4.69, 9.17) is 17.0 Å². The first-order valence-electron chi connectivity index (χ1n) is 10.0. The van der Waals surface area contributed by atoms with Crippen molar-refractivity contribution in [1.29, 1.82) is 0 Å². The van der Waals surface area contributed by atoms with Crippen LogP contribution >= 0.6 is 12.2 Å². The second kappa shape index (κ2) is 9.89. The number of thiocarbonyl (C=S) groups is 1. The Bertz CT molecular complexity index is 773. The van der Waals surface area contributed by atoms with E-state index in [0.717, 1.165) is 55.4 Å². The molecule has 4 nitrogen and oxygen atoms in total. The highest BCUT2D eigenvalue weighted by molar-refractivity contribution is 7.80. The Kier molecular flexibility index (Phi) is 7.29. The van der Waals surface area contributed by atoms with Crippen molar-refractivity contribution in [3.8, 4) is 5.75 Å². The summed E-state index contributed by atoms with van der Waals surface area (Å²) < 4.78 is 5.55. The largest absolute Gasteiger partial charge is 0.495 e. The highest BCUT2D eigenvalue weighted by Gasteiger charge is 2.25. The molecule has 1 aliphatic rings. The number of methoxy groups -OCH3 is 1. The standard InChI is InChI=1S/C23H31N3OS/c1-18-9-10-21(22(17-18)27-3)24-23(28)26(20-12-14-25(2)15-13-20)16-11-19-7-5-4-6-8-19/h4-10,17,20H,11-16H2,1-3H3,(H,24,28). The summed E-state index contributed by atoms with van der Waals surface area (Å²) in [6.07, 6.45) is 3.26. The molecule has 2 aromatic rings. The fraction of sp³-hybridized carbons (Fsp3) is 0.435. The van der Waals surface area contributed by atoms with E-state index in [1.54, 1.807) is 7.11 Å². The number of piperidine rings is 1. The second-order valence-corrected chi connectivity index (χ2v) is 7.98. The van der Waals surface area contributed by atoms with E-state index >= 15 is 0 Å². The molecular weight excluding hydrogens is 366 g/mol. The molecule has 2 aromatic carbocycles. The van der Waals surface area contributed by atoms with E-state index in [1.165, 1.54) is 11.1 Å². The maximum absolute atomic E-state index is 5.87. The van der Waals surface area contributed by atoms with Crippen molar-refractivity contribution in [2.24, 2.45) is 0 Å². The Hall–Kier alpha value is -2.11. The molecule has 3 rings (SSSR count). The van der Waals surface area contributed by atoms with Gasteiger partial charge in [-0.05, 0) is 81.8 Å². The molecule has 1 heterocycles. The molecule has 1 fully saturated rings. The molecular formula is C23H31N3OS. The lowest BCUT2D eigenvalue weighted by Gasteiger charge is -2.39. The molecule has 0 radical (unpaired) electrons. The van der Waals surface area contributed by atoms with Crippen LogP contribution in [0.3, 0.4) is 0 Å². The van der Waals surface area contributed by atoms with Crippen molar-refractivity contribution in [2.45, 2.75) is 32.2 Å². The summed E-state index contributed by atoms with van der Waals surface area (Å²) in [5.74, 6) is 0.828. The van der Waals surface area contributed by atoms with Crippen LogP contribution in [0, 0.1) is 6.92 Å². The van der Waals surface area contributed by atoms with Gasteiger partial charge in [-0.2, -0.15) is 0 Å². The van der Waals surface area contributed by atoms with Crippen LogP contribution in [0.25, 0.3) is 0 Å². The van der Waals surface area contributed by atoms with E-state index in [9.17, 15) is 0 Å². The van der Waals surface area contributed by atoms with Crippen molar-refractivity contribution >= 4 is 23.0 Å². The van der Waals surface area contributed by atoms with Crippen molar-refractivity contribution in [3.05, 3.63) is 59.7 Å². The zero-order valence-electron chi connectivity index (χ0n) is 17.1. The van der Waals surface area contributed by atoms with E-state index in [2.05, 4.69) is 65.5 Å². The summed E-state index contributed by atoms with van der Waals surface area (Å²) >= 11 is 5.87. The Morgan fingerprint density at radius 3 is 2.57 bits per heavy atom. The third kappa shape index (κ3) is 5.46. The minimum Gasteiger partial charge on any atom is -0.495 e. The van der Waals surface area contributed by atoms with Gasteiger partial charge < -0.3 is 19.9 Å². The molecule has 28 heavy (non-hydrogen) atoms. The lowest BCUT2D eigenvalue weighted by atomic mass is 10.0. The number of benzene rings is 2. The first-order valence-corrected chi connectivity index (χ1v) is 10.4. The molecule has 0 atom stereocenters. The molecule has 1 aliphatic heterocycles. The summed E-state index contributed by atoms with van der Waals surface area (Å²) in [7, 11) is 3.89. The lowest BCUT2D eigenvalue weighted by Crippen LogP contribution is -2.48. The van der Waals surface area contributed by atoms with Crippen LogP contribution in [0.15, 0.2) is 48.5 Å². The van der Waals surface area contributed by atoms with Crippen LogP contribution in [0.2, 0.25) is 0 Å². The zero-order chi connectivity index (χ0) is 19.9. The summed E-state index contributed by atoms with van der Waals surface area (Å²) in [5, 5.41) is 4.24. The fourth-order valence-corrected chi connectivity index (χ4v) is 4.09. The van der Waals surface area contributed by atoms with Gasteiger partial charge in [-0.25, -0.2) is 0 Å². The molecule has 0 aliphatic carbocycles. The van der Waals surface area contributed by atoms with Crippen molar-refractivity contribution in [2.75, 3.05) is 39.1 Å². The van der Waals surface area contributed by atoms with Crippen molar-refractivity contribution < 1.29 is 4.74 Å². The smallest absolute Gasteiger partial charge is 0.173 e. The third-order valence-electron chi connectivity index (χ3n) is 5.47. The SMILES string of the molecule is COc1cc(C)ccc1NC(=S)N(CCc1ccccc1)C1CCN(C)CC1. The van der Waals surface area contributed by atoms with Crippen LogP contribution in [0.1, 0.15) is 24.0 Å². The normalized spacial score (nSPS) is 15.2. The van der Waals surface area contributed by atoms with E-state index in [0.29, 0.717) is 6.04 Å². The quantitative estimate of drug-likeness (QED) is 0.732. The van der Waals surface area contributed by atoms with Crippen LogP contribution in [0.5, 0.6) is 5.75 Å². The Labute approximate surface area is 174 Å². The number of likely N-dealkylation sites (tertiary alicyclic amines) is 1. The molecule has 1 saturated heterocycles. The second-order valence-electron chi connectivity index (χ2n) is 7.60. The molecule has 0 unspecified atom stereocenters. The number of nitrogens with one attached hydrogen (secondary N) is 1. The van der Waals surface area contributed by atoms with E-state index in [-0.39, 0.29) is 0 Å². The molecule has 0 saturated carbocycles. The topological polar surface area (TPSA) is 27.7 Å². The molecule has 5 heteroatoms. The fourth-order valence-electron chi connectivity index (χ4n) is 3.74. The van der Waals surface area contributed by atoms with Gasteiger partial charge in [0, 0.05) is 12.6 Å². The number of ether oxygens (including phenoxy) is 1. The van der Waals surface area contributed by atoms with Gasteiger partial charge in [0.1, 0.15) is 5.75 Å². The van der Waals surface area contributed by atoms with Gasteiger partial charge in [0.05, 0.1) is 12.8 Å². The third-order valence-corrected chi connectivity index (χ3v) is 5.81. The van der Waals surface area contributed by atoms with Crippen molar-refractivity contribution in [1.82, 2.24) is 9.80 Å². The summed E-state index contributed by atoms with van der Waals surface area (Å²) in [6.45, 7) is 5.21. The summed E-state index contributed by atoms with van der Waals surface area (Å²) in [5.41, 5.74) is 3.44. The van der Waals surface area contributed by atoms with Crippen LogP contribution in [-0.2, 0) is 6.42 Å². The maximum Gasteiger partial charge on any atom is 0.173 e. The van der Waals surface area contributed by atoms with Crippen molar-refractivity contribution in [3.63, 3.8) is 0 Å². The Balaban J connectivity index is 1.74. The first-order chi connectivity index (χ1) is 13.6. The van der Waals surface area contributed by atoms with Gasteiger partial charge >= 0.3 is 0 Å². The van der Waals surface area contributed by atoms with Gasteiger partial charge in [-0.3, -0.25) is 0 Å². The summed E-state index contributed by atoms with van der Waals surface area (Å²) in [6, 6.07) is 17.3. The van der Waals surface area contributed by atoms with Gasteiger partial charge in [0.2, 0.25) is 0 Å². The minimum absolute atomic E-state index is 0.469. The Morgan fingerprint density at radius 1 is 1.18 bits per heavy atom. The zero-order valence-corrected chi connectivity index (χ0v) is 18.0. The Morgan fingerprint density at radius 2 is 1.89 bits per heavy atom. The average Bonchev–Trinajstić information content (AvgIpc) is 2.71. The highest BCUT2D eigenvalue weighted by Crippen LogP contribution is 2.26. The van der Waals surface area contributed by atoms with Gasteiger partial charge in [-0.15, -0.1) is 0 Å².